The number of ether oxygens (including phenoxy) is 1. The molecule has 4 heteroatoms. The lowest BCUT2D eigenvalue weighted by Gasteiger charge is -2.44. The number of rotatable bonds is 4. The number of fused-ring (bicyclic) bond motifs is 2. The van der Waals surface area contributed by atoms with Crippen LogP contribution in [0, 0.1) is 5.92 Å². The third-order valence-corrected chi connectivity index (χ3v) is 6.80. The molecular weight excluding hydrogens is 346 g/mol. The van der Waals surface area contributed by atoms with Crippen LogP contribution in [0.5, 0.6) is 5.75 Å². The van der Waals surface area contributed by atoms with Gasteiger partial charge in [0.2, 0.25) is 0 Å². The molecule has 0 bridgehead atoms. The van der Waals surface area contributed by atoms with Crippen LogP contribution >= 0.6 is 0 Å². The van der Waals surface area contributed by atoms with Gasteiger partial charge < -0.3 is 20.3 Å². The highest BCUT2D eigenvalue weighted by Crippen LogP contribution is 2.46. The predicted molar refractivity (Wildman–Crippen MR) is 116 cm³/mol. The van der Waals surface area contributed by atoms with E-state index in [4.69, 9.17) is 4.74 Å². The van der Waals surface area contributed by atoms with Crippen molar-refractivity contribution in [1.82, 2.24) is 5.32 Å². The molecule has 4 nitrogen and oxygen atoms in total. The molecule has 0 amide bonds. The van der Waals surface area contributed by atoms with Crippen LogP contribution in [0.15, 0.2) is 36.4 Å². The van der Waals surface area contributed by atoms with E-state index in [9.17, 15) is 0 Å². The van der Waals surface area contributed by atoms with Crippen LogP contribution in [0.4, 0.5) is 11.4 Å². The van der Waals surface area contributed by atoms with Gasteiger partial charge in [-0.2, -0.15) is 0 Å². The standard InChI is InChI=1S/C24H31N3O/c1-28-23-9-3-2-6-18(23)14-26-20-12-17-8-5-11-27-16-19-7-4-10-25-15-22(19)21(13-20)24(17)27/h2-3,6,9,12-13,19,22,25-26H,4-5,7-8,10-11,14-16H2,1H3. The summed E-state index contributed by atoms with van der Waals surface area (Å²) < 4.78 is 5.52. The Bertz CT molecular complexity index is 850. The molecule has 3 heterocycles. The molecule has 2 aromatic rings. The zero-order chi connectivity index (χ0) is 18.9. The number of benzene rings is 2. The smallest absolute Gasteiger partial charge is 0.123 e. The van der Waals surface area contributed by atoms with Crippen LogP contribution in [0.25, 0.3) is 0 Å². The van der Waals surface area contributed by atoms with E-state index in [1.165, 1.54) is 62.1 Å². The summed E-state index contributed by atoms with van der Waals surface area (Å²) in [5.41, 5.74) is 7.12. The minimum Gasteiger partial charge on any atom is -0.496 e. The molecule has 2 N–H and O–H groups in total. The van der Waals surface area contributed by atoms with Gasteiger partial charge in [-0.25, -0.2) is 0 Å². The summed E-state index contributed by atoms with van der Waals surface area (Å²) in [6.07, 6.45) is 5.14. The monoisotopic (exact) mass is 377 g/mol. The van der Waals surface area contributed by atoms with Crippen LogP contribution in [0.2, 0.25) is 0 Å². The molecule has 2 unspecified atom stereocenters. The number of para-hydroxylation sites is 1. The molecular formula is C24H31N3O. The lowest BCUT2D eigenvalue weighted by Crippen LogP contribution is -2.42. The fraction of sp³-hybridized carbons (Fsp3) is 0.500. The van der Waals surface area contributed by atoms with Crippen molar-refractivity contribution in [2.75, 3.05) is 43.5 Å². The van der Waals surface area contributed by atoms with E-state index in [0.29, 0.717) is 5.92 Å². The molecule has 0 aliphatic carbocycles. The lowest BCUT2D eigenvalue weighted by atomic mass is 9.77. The van der Waals surface area contributed by atoms with Gasteiger partial charge in [-0.3, -0.25) is 0 Å². The molecule has 3 aliphatic heterocycles. The first-order chi connectivity index (χ1) is 13.8. The second-order valence-corrected chi connectivity index (χ2v) is 8.50. The number of nitrogens with one attached hydrogen (secondary N) is 2. The van der Waals surface area contributed by atoms with Crippen molar-refractivity contribution in [1.29, 1.82) is 0 Å². The number of hydrogen-bond acceptors (Lipinski definition) is 4. The van der Waals surface area contributed by atoms with E-state index in [2.05, 4.69) is 39.8 Å². The summed E-state index contributed by atoms with van der Waals surface area (Å²) in [6.45, 7) is 5.56. The molecule has 2 aromatic carbocycles. The van der Waals surface area contributed by atoms with Gasteiger partial charge in [-0.1, -0.05) is 18.2 Å². The second kappa shape index (κ2) is 7.67. The Hall–Kier alpha value is -2.20. The summed E-state index contributed by atoms with van der Waals surface area (Å²) in [6, 6.07) is 13.1. The van der Waals surface area contributed by atoms with Gasteiger partial charge in [0.1, 0.15) is 5.75 Å². The maximum atomic E-state index is 5.52. The first-order valence-corrected chi connectivity index (χ1v) is 10.8. The van der Waals surface area contributed by atoms with Gasteiger partial charge in [0.05, 0.1) is 7.11 Å². The Morgan fingerprint density at radius 2 is 2.14 bits per heavy atom. The van der Waals surface area contributed by atoms with Gasteiger partial charge in [0.15, 0.2) is 0 Å². The van der Waals surface area contributed by atoms with Crippen molar-refractivity contribution in [3.63, 3.8) is 0 Å². The van der Waals surface area contributed by atoms with Crippen LogP contribution in [-0.4, -0.2) is 33.3 Å². The average molecular weight is 378 g/mol. The van der Waals surface area contributed by atoms with Crippen molar-refractivity contribution in [3.05, 3.63) is 53.1 Å². The number of aryl methyl sites for hydroxylation is 1. The first kappa shape index (κ1) is 17.9. The quantitative estimate of drug-likeness (QED) is 0.839. The molecule has 28 heavy (non-hydrogen) atoms. The number of nitrogens with zero attached hydrogens (tertiary/aromatic N) is 1. The molecule has 1 saturated heterocycles. The van der Waals surface area contributed by atoms with Gasteiger partial charge >= 0.3 is 0 Å². The Labute approximate surface area is 168 Å². The molecule has 1 fully saturated rings. The SMILES string of the molecule is COc1ccccc1CNc1cc2c3c(c1)C1CNCCCC1CN3CCC2. The summed E-state index contributed by atoms with van der Waals surface area (Å²) in [7, 11) is 1.75. The molecule has 0 aromatic heterocycles. The number of hydrogen-bond donors (Lipinski definition) is 2. The molecule has 0 radical (unpaired) electrons. The van der Waals surface area contributed by atoms with Gasteiger partial charge in [0.25, 0.3) is 0 Å². The normalized spacial score (nSPS) is 23.4. The van der Waals surface area contributed by atoms with E-state index >= 15 is 0 Å². The summed E-state index contributed by atoms with van der Waals surface area (Å²) in [4.78, 5) is 2.69. The molecule has 3 aliphatic rings. The topological polar surface area (TPSA) is 36.5 Å². The van der Waals surface area contributed by atoms with Gasteiger partial charge in [-0.05, 0) is 67.5 Å². The fourth-order valence-electron chi connectivity index (χ4n) is 5.46. The second-order valence-electron chi connectivity index (χ2n) is 8.50. The zero-order valence-corrected chi connectivity index (χ0v) is 16.8. The summed E-state index contributed by atoms with van der Waals surface area (Å²) >= 11 is 0. The van der Waals surface area contributed by atoms with Crippen molar-refractivity contribution in [2.24, 2.45) is 5.92 Å². The van der Waals surface area contributed by atoms with E-state index in [0.717, 1.165) is 24.8 Å². The molecule has 148 valence electrons. The van der Waals surface area contributed by atoms with Crippen molar-refractivity contribution < 1.29 is 4.74 Å². The van der Waals surface area contributed by atoms with E-state index in [1.54, 1.807) is 18.4 Å². The van der Waals surface area contributed by atoms with E-state index in [-0.39, 0.29) is 0 Å². The van der Waals surface area contributed by atoms with Gasteiger partial charge in [0, 0.05) is 49.0 Å². The van der Waals surface area contributed by atoms with Crippen LogP contribution < -0.4 is 20.3 Å². The first-order valence-electron chi connectivity index (χ1n) is 10.8. The molecule has 5 rings (SSSR count). The predicted octanol–water partition coefficient (Wildman–Crippen LogP) is 4.16. The van der Waals surface area contributed by atoms with Crippen LogP contribution in [-0.2, 0) is 13.0 Å². The minimum atomic E-state index is 0.651. The number of anilines is 2. The maximum Gasteiger partial charge on any atom is 0.123 e. The average Bonchev–Trinajstić information content (AvgIpc) is 2.98. The Morgan fingerprint density at radius 3 is 3.07 bits per heavy atom. The Morgan fingerprint density at radius 1 is 1.21 bits per heavy atom. The largest absolute Gasteiger partial charge is 0.496 e. The van der Waals surface area contributed by atoms with Crippen LogP contribution in [0.3, 0.4) is 0 Å². The highest BCUT2D eigenvalue weighted by Gasteiger charge is 2.36. The number of methoxy groups -OCH3 is 1. The van der Waals surface area contributed by atoms with Crippen LogP contribution in [0.1, 0.15) is 41.9 Å². The highest BCUT2D eigenvalue weighted by atomic mass is 16.5. The summed E-state index contributed by atoms with van der Waals surface area (Å²) in [5, 5.41) is 7.39. The lowest BCUT2D eigenvalue weighted by molar-refractivity contribution is 0.385. The highest BCUT2D eigenvalue weighted by molar-refractivity contribution is 5.70. The van der Waals surface area contributed by atoms with E-state index < -0.39 is 0 Å². The van der Waals surface area contributed by atoms with E-state index in [1.807, 2.05) is 12.1 Å². The molecule has 0 saturated carbocycles. The Kier molecular flexibility index (Phi) is 4.89. The third-order valence-electron chi connectivity index (χ3n) is 6.80. The molecule has 0 spiro atoms. The van der Waals surface area contributed by atoms with Gasteiger partial charge in [-0.15, -0.1) is 0 Å². The third kappa shape index (κ3) is 3.24. The summed E-state index contributed by atoms with van der Waals surface area (Å²) in [5.74, 6) is 2.39. The minimum absolute atomic E-state index is 0.651. The Balaban J connectivity index is 1.47. The van der Waals surface area contributed by atoms with Crippen molar-refractivity contribution in [3.8, 4) is 5.75 Å². The van der Waals surface area contributed by atoms with Crippen molar-refractivity contribution in [2.45, 2.75) is 38.1 Å². The fourth-order valence-corrected chi connectivity index (χ4v) is 5.46. The van der Waals surface area contributed by atoms with Crippen molar-refractivity contribution >= 4 is 11.4 Å². The molecule has 2 atom stereocenters. The zero-order valence-electron chi connectivity index (χ0n) is 16.8. The maximum absolute atomic E-state index is 5.52.